The van der Waals surface area contributed by atoms with E-state index >= 15 is 0 Å². The molecule has 0 radical (unpaired) electrons. The summed E-state index contributed by atoms with van der Waals surface area (Å²) in [7, 11) is 0. The summed E-state index contributed by atoms with van der Waals surface area (Å²) in [5.74, 6) is 0.336. The molecule has 1 aromatic carbocycles. The quantitative estimate of drug-likeness (QED) is 0.777. The molecule has 2 amide bonds. The van der Waals surface area contributed by atoms with E-state index < -0.39 is 0 Å². The van der Waals surface area contributed by atoms with Gasteiger partial charge in [-0.2, -0.15) is 0 Å². The van der Waals surface area contributed by atoms with Crippen molar-refractivity contribution in [3.05, 3.63) is 29.8 Å². The van der Waals surface area contributed by atoms with Crippen LogP contribution in [0.4, 0.5) is 5.69 Å². The fraction of sp³-hybridized carbons (Fsp3) is 0.467. The Labute approximate surface area is 119 Å². The van der Waals surface area contributed by atoms with Crippen LogP contribution in [-0.4, -0.2) is 31.4 Å². The molecule has 1 heterocycles. The molecule has 2 rings (SSSR count). The minimum atomic E-state index is -0.119. The lowest BCUT2D eigenvalue weighted by Crippen LogP contribution is -2.38. The Bertz CT molecular complexity index is 465. The summed E-state index contributed by atoms with van der Waals surface area (Å²) < 4.78 is 0. The predicted molar refractivity (Wildman–Crippen MR) is 78.7 cm³/mol. The normalized spacial score (nSPS) is 18.4. The van der Waals surface area contributed by atoms with Gasteiger partial charge in [-0.1, -0.05) is 0 Å². The molecule has 0 aliphatic carbocycles. The Morgan fingerprint density at radius 1 is 1.30 bits per heavy atom. The van der Waals surface area contributed by atoms with Crippen LogP contribution in [0.1, 0.15) is 30.1 Å². The number of anilines is 1. The van der Waals surface area contributed by atoms with Crippen molar-refractivity contribution < 1.29 is 9.59 Å². The molecule has 3 N–H and O–H groups in total. The molecule has 1 aromatic rings. The van der Waals surface area contributed by atoms with Gasteiger partial charge in [0.05, 0.1) is 0 Å². The summed E-state index contributed by atoms with van der Waals surface area (Å²) in [5.41, 5.74) is 1.31. The van der Waals surface area contributed by atoms with Gasteiger partial charge in [0.1, 0.15) is 0 Å². The summed E-state index contributed by atoms with van der Waals surface area (Å²) in [6.07, 6.45) is 2.33. The third-order valence-corrected chi connectivity index (χ3v) is 3.42. The number of piperidine rings is 1. The Morgan fingerprint density at radius 3 is 2.65 bits per heavy atom. The van der Waals surface area contributed by atoms with Crippen LogP contribution >= 0.6 is 0 Å². The molecule has 1 aliphatic rings. The standard InChI is InChI=1S/C15H21N3O2/c1-11(19)18-14-6-4-13(5-7-14)15(20)17-10-12-3-2-8-16-9-12/h4-7,12,16H,2-3,8-10H2,1H3,(H,17,20)(H,18,19). The largest absolute Gasteiger partial charge is 0.352 e. The number of amides is 2. The molecule has 1 saturated heterocycles. The number of hydrogen-bond donors (Lipinski definition) is 3. The molecule has 1 aliphatic heterocycles. The molecular weight excluding hydrogens is 254 g/mol. The first kappa shape index (κ1) is 14.5. The van der Waals surface area contributed by atoms with Crippen molar-refractivity contribution in [1.82, 2.24) is 10.6 Å². The van der Waals surface area contributed by atoms with E-state index in [-0.39, 0.29) is 11.8 Å². The molecular formula is C15H21N3O2. The molecule has 1 atom stereocenters. The third-order valence-electron chi connectivity index (χ3n) is 3.42. The number of rotatable bonds is 4. The Balaban J connectivity index is 1.83. The lowest BCUT2D eigenvalue weighted by Gasteiger charge is -2.22. The van der Waals surface area contributed by atoms with Gasteiger partial charge in [-0.25, -0.2) is 0 Å². The molecule has 5 nitrogen and oxygen atoms in total. The lowest BCUT2D eigenvalue weighted by atomic mass is 9.99. The van der Waals surface area contributed by atoms with Crippen LogP contribution in [0.5, 0.6) is 0 Å². The first-order chi connectivity index (χ1) is 9.65. The van der Waals surface area contributed by atoms with Gasteiger partial charge >= 0.3 is 0 Å². The Hall–Kier alpha value is -1.88. The van der Waals surface area contributed by atoms with Crippen molar-refractivity contribution in [3.8, 4) is 0 Å². The molecule has 5 heteroatoms. The van der Waals surface area contributed by atoms with Gasteiger partial charge in [-0.15, -0.1) is 0 Å². The van der Waals surface area contributed by atoms with Gasteiger partial charge < -0.3 is 16.0 Å². The second-order valence-electron chi connectivity index (χ2n) is 5.18. The average Bonchev–Trinajstić information content (AvgIpc) is 2.46. The van der Waals surface area contributed by atoms with Crippen LogP contribution in [0, 0.1) is 5.92 Å². The second-order valence-corrected chi connectivity index (χ2v) is 5.18. The van der Waals surface area contributed by atoms with Crippen LogP contribution in [0.25, 0.3) is 0 Å². The smallest absolute Gasteiger partial charge is 0.251 e. The third kappa shape index (κ3) is 4.35. The van der Waals surface area contributed by atoms with Gasteiger partial charge in [0.25, 0.3) is 5.91 Å². The molecule has 0 aromatic heterocycles. The highest BCUT2D eigenvalue weighted by Crippen LogP contribution is 2.11. The van der Waals surface area contributed by atoms with E-state index in [9.17, 15) is 9.59 Å². The molecule has 1 unspecified atom stereocenters. The van der Waals surface area contributed by atoms with Gasteiger partial charge in [-0.05, 0) is 56.1 Å². The SMILES string of the molecule is CC(=O)Nc1ccc(C(=O)NCC2CCCNC2)cc1. The zero-order chi connectivity index (χ0) is 14.4. The Morgan fingerprint density at radius 2 is 2.05 bits per heavy atom. The zero-order valence-electron chi connectivity index (χ0n) is 11.7. The highest BCUT2D eigenvalue weighted by molar-refractivity contribution is 5.95. The van der Waals surface area contributed by atoms with E-state index in [2.05, 4.69) is 16.0 Å². The first-order valence-corrected chi connectivity index (χ1v) is 7.02. The predicted octanol–water partition coefficient (Wildman–Crippen LogP) is 1.37. The molecule has 0 bridgehead atoms. The van der Waals surface area contributed by atoms with Crippen molar-refractivity contribution in [2.75, 3.05) is 25.0 Å². The van der Waals surface area contributed by atoms with E-state index in [0.29, 0.717) is 23.7 Å². The molecule has 0 spiro atoms. The van der Waals surface area contributed by atoms with Crippen LogP contribution in [0.3, 0.4) is 0 Å². The minimum absolute atomic E-state index is 0.0649. The maximum Gasteiger partial charge on any atom is 0.251 e. The number of benzene rings is 1. The van der Waals surface area contributed by atoms with Crippen molar-refractivity contribution in [1.29, 1.82) is 0 Å². The summed E-state index contributed by atoms with van der Waals surface area (Å²) in [5, 5.41) is 8.97. The summed E-state index contributed by atoms with van der Waals surface area (Å²) in [6.45, 7) is 4.22. The van der Waals surface area contributed by atoms with Crippen molar-refractivity contribution in [3.63, 3.8) is 0 Å². The first-order valence-electron chi connectivity index (χ1n) is 7.02. The number of carbonyl (C=O) groups excluding carboxylic acids is 2. The van der Waals surface area contributed by atoms with Crippen LogP contribution in [0.15, 0.2) is 24.3 Å². The van der Waals surface area contributed by atoms with E-state index in [0.717, 1.165) is 19.5 Å². The van der Waals surface area contributed by atoms with Crippen LogP contribution in [-0.2, 0) is 4.79 Å². The highest BCUT2D eigenvalue weighted by atomic mass is 16.2. The summed E-state index contributed by atoms with van der Waals surface area (Å²) in [4.78, 5) is 22.9. The van der Waals surface area contributed by atoms with Gasteiger partial charge in [-0.3, -0.25) is 9.59 Å². The fourth-order valence-electron chi connectivity index (χ4n) is 2.35. The fourth-order valence-corrected chi connectivity index (χ4v) is 2.35. The minimum Gasteiger partial charge on any atom is -0.352 e. The van der Waals surface area contributed by atoms with E-state index in [1.807, 2.05) is 0 Å². The summed E-state index contributed by atoms with van der Waals surface area (Å²) >= 11 is 0. The van der Waals surface area contributed by atoms with Crippen molar-refractivity contribution in [2.45, 2.75) is 19.8 Å². The molecule has 20 heavy (non-hydrogen) atoms. The number of carbonyl (C=O) groups is 2. The van der Waals surface area contributed by atoms with Crippen LogP contribution in [0.2, 0.25) is 0 Å². The number of nitrogens with one attached hydrogen (secondary N) is 3. The van der Waals surface area contributed by atoms with Crippen LogP contribution < -0.4 is 16.0 Å². The zero-order valence-corrected chi connectivity index (χ0v) is 11.7. The van der Waals surface area contributed by atoms with E-state index in [4.69, 9.17) is 0 Å². The van der Waals surface area contributed by atoms with Gasteiger partial charge in [0.15, 0.2) is 0 Å². The Kier molecular flexibility index (Phi) is 5.12. The summed E-state index contributed by atoms with van der Waals surface area (Å²) in [6, 6.07) is 6.91. The lowest BCUT2D eigenvalue weighted by molar-refractivity contribution is -0.114. The van der Waals surface area contributed by atoms with E-state index in [1.54, 1.807) is 24.3 Å². The molecule has 0 saturated carbocycles. The van der Waals surface area contributed by atoms with Gasteiger partial charge in [0.2, 0.25) is 5.91 Å². The monoisotopic (exact) mass is 275 g/mol. The van der Waals surface area contributed by atoms with Crippen molar-refractivity contribution in [2.24, 2.45) is 5.92 Å². The maximum absolute atomic E-state index is 12.0. The average molecular weight is 275 g/mol. The van der Waals surface area contributed by atoms with Gasteiger partial charge in [0, 0.05) is 24.7 Å². The van der Waals surface area contributed by atoms with Crippen molar-refractivity contribution >= 4 is 17.5 Å². The highest BCUT2D eigenvalue weighted by Gasteiger charge is 2.14. The molecule has 1 fully saturated rings. The topological polar surface area (TPSA) is 70.2 Å². The maximum atomic E-state index is 12.0. The van der Waals surface area contributed by atoms with E-state index in [1.165, 1.54) is 13.3 Å². The molecule has 108 valence electrons. The number of hydrogen-bond acceptors (Lipinski definition) is 3. The second kappa shape index (κ2) is 7.05.